The van der Waals surface area contributed by atoms with Crippen LogP contribution in [0.3, 0.4) is 0 Å². The number of aromatic nitrogens is 1. The van der Waals surface area contributed by atoms with Crippen LogP contribution < -0.4 is 5.32 Å². The number of piperidine rings is 1. The summed E-state index contributed by atoms with van der Waals surface area (Å²) >= 11 is 0. The zero-order valence-corrected chi connectivity index (χ0v) is 14.5. The Morgan fingerprint density at radius 1 is 1.24 bits per heavy atom. The van der Waals surface area contributed by atoms with Gasteiger partial charge in [0.25, 0.3) is 0 Å². The Morgan fingerprint density at radius 2 is 1.96 bits per heavy atom. The topological polar surface area (TPSA) is 45.2 Å². The molecule has 1 aliphatic rings. The second kappa shape index (κ2) is 8.21. The van der Waals surface area contributed by atoms with Crippen molar-refractivity contribution in [3.63, 3.8) is 0 Å². The number of nitrogens with one attached hydrogen (secondary N) is 1. The molecule has 132 valence electrons. The normalized spacial score (nSPS) is 15.9. The highest BCUT2D eigenvalue weighted by molar-refractivity contribution is 5.97. The highest BCUT2D eigenvalue weighted by Gasteiger charge is 2.21. The molecule has 1 aromatic carbocycles. The Labute approximate surface area is 148 Å². The van der Waals surface area contributed by atoms with E-state index < -0.39 is 0 Å². The van der Waals surface area contributed by atoms with Crippen LogP contribution in [0.5, 0.6) is 0 Å². The zero-order chi connectivity index (χ0) is 17.6. The Bertz CT molecular complexity index is 709. The van der Waals surface area contributed by atoms with E-state index in [9.17, 15) is 9.18 Å². The lowest BCUT2D eigenvalue weighted by atomic mass is 9.96. The van der Waals surface area contributed by atoms with Crippen molar-refractivity contribution < 1.29 is 9.18 Å². The fourth-order valence-corrected chi connectivity index (χ4v) is 3.19. The van der Waals surface area contributed by atoms with Crippen LogP contribution in [0.4, 0.5) is 10.2 Å². The molecule has 25 heavy (non-hydrogen) atoms. The second-order valence-corrected chi connectivity index (χ2v) is 6.70. The van der Waals surface area contributed by atoms with Gasteiger partial charge in [-0.05, 0) is 74.7 Å². The van der Waals surface area contributed by atoms with Crippen LogP contribution >= 0.6 is 0 Å². The van der Waals surface area contributed by atoms with E-state index in [-0.39, 0.29) is 11.6 Å². The molecular formula is C20H24FN3O. The summed E-state index contributed by atoms with van der Waals surface area (Å²) < 4.78 is 12.9. The molecule has 0 aliphatic carbocycles. The molecule has 1 aromatic heterocycles. The predicted molar refractivity (Wildman–Crippen MR) is 97.4 cm³/mol. The van der Waals surface area contributed by atoms with Gasteiger partial charge in [-0.3, -0.25) is 9.69 Å². The number of benzene rings is 1. The number of Topliss-reactive ketones (excluding diaryl/α,β-unsaturated/α-hetero) is 1. The van der Waals surface area contributed by atoms with Gasteiger partial charge < -0.3 is 5.32 Å². The van der Waals surface area contributed by atoms with Gasteiger partial charge in [0.2, 0.25) is 0 Å². The molecule has 0 unspecified atom stereocenters. The van der Waals surface area contributed by atoms with E-state index in [1.165, 1.54) is 12.1 Å². The van der Waals surface area contributed by atoms with Crippen molar-refractivity contribution in [1.82, 2.24) is 9.88 Å². The molecule has 2 heterocycles. The van der Waals surface area contributed by atoms with Gasteiger partial charge in [-0.25, -0.2) is 9.37 Å². The molecule has 0 bridgehead atoms. The minimum absolute atomic E-state index is 0.0562. The predicted octanol–water partition coefficient (Wildman–Crippen LogP) is 3.54. The highest BCUT2D eigenvalue weighted by atomic mass is 19.1. The number of hydrogen-bond donors (Lipinski definition) is 1. The van der Waals surface area contributed by atoms with Crippen LogP contribution in [-0.4, -0.2) is 41.8 Å². The molecule has 0 atom stereocenters. The summed E-state index contributed by atoms with van der Waals surface area (Å²) in [5.74, 6) is 1.30. The Morgan fingerprint density at radius 3 is 2.64 bits per heavy atom. The monoisotopic (exact) mass is 341 g/mol. The van der Waals surface area contributed by atoms with Gasteiger partial charge in [0.15, 0.2) is 5.78 Å². The lowest BCUT2D eigenvalue weighted by molar-refractivity contribution is 0.0898. The number of likely N-dealkylation sites (tertiary alicyclic amines) is 1. The van der Waals surface area contributed by atoms with Gasteiger partial charge in [-0.1, -0.05) is 6.07 Å². The summed E-state index contributed by atoms with van der Waals surface area (Å²) in [5, 5.41) is 3.44. The minimum Gasteiger partial charge on any atom is -0.370 e. The second-order valence-electron chi connectivity index (χ2n) is 6.70. The van der Waals surface area contributed by atoms with Gasteiger partial charge in [0.05, 0.1) is 6.54 Å². The van der Waals surface area contributed by atoms with Crippen LogP contribution in [0.25, 0.3) is 0 Å². The molecule has 4 nitrogen and oxygen atoms in total. The van der Waals surface area contributed by atoms with Crippen molar-refractivity contribution >= 4 is 11.6 Å². The van der Waals surface area contributed by atoms with E-state index in [0.29, 0.717) is 18.0 Å². The number of nitrogens with zero attached hydrogens (tertiary/aromatic N) is 2. The van der Waals surface area contributed by atoms with Crippen molar-refractivity contribution in [3.05, 3.63) is 59.5 Å². The van der Waals surface area contributed by atoms with E-state index in [4.69, 9.17) is 0 Å². The molecule has 1 saturated heterocycles. The number of rotatable bonds is 6. The molecule has 0 radical (unpaired) electrons. The lowest BCUT2D eigenvalue weighted by Gasteiger charge is -2.31. The van der Waals surface area contributed by atoms with Gasteiger partial charge in [0, 0.05) is 18.3 Å². The number of hydrogen-bond acceptors (Lipinski definition) is 4. The SMILES string of the molecule is Cc1cccnc1NCC1CCN(CC(=O)c2ccc(F)cc2)CC1. The molecular weight excluding hydrogens is 317 g/mol. The molecule has 3 rings (SSSR count). The van der Waals surface area contributed by atoms with Crippen LogP contribution in [0.15, 0.2) is 42.6 Å². The Kier molecular flexibility index (Phi) is 5.76. The molecule has 1 aliphatic heterocycles. The van der Waals surface area contributed by atoms with E-state index in [0.717, 1.165) is 43.9 Å². The average molecular weight is 341 g/mol. The molecule has 0 amide bonds. The molecule has 1 fully saturated rings. The van der Waals surface area contributed by atoms with Crippen molar-refractivity contribution in [2.45, 2.75) is 19.8 Å². The third-order valence-corrected chi connectivity index (χ3v) is 4.81. The van der Waals surface area contributed by atoms with E-state index in [1.807, 2.05) is 6.07 Å². The maximum atomic E-state index is 12.9. The first-order valence-electron chi connectivity index (χ1n) is 8.78. The Balaban J connectivity index is 1.43. The van der Waals surface area contributed by atoms with E-state index in [2.05, 4.69) is 28.2 Å². The summed E-state index contributed by atoms with van der Waals surface area (Å²) in [5.41, 5.74) is 1.74. The average Bonchev–Trinajstić information content (AvgIpc) is 2.63. The standard InChI is InChI=1S/C20H24FN3O/c1-15-3-2-10-22-20(15)23-13-16-8-11-24(12-9-16)14-19(25)17-4-6-18(21)7-5-17/h2-7,10,16H,8-9,11-14H2,1H3,(H,22,23). The maximum absolute atomic E-state index is 12.9. The molecule has 1 N–H and O–H groups in total. The number of aryl methyl sites for hydroxylation is 1. The summed E-state index contributed by atoms with van der Waals surface area (Å²) in [6.07, 6.45) is 3.93. The van der Waals surface area contributed by atoms with E-state index in [1.54, 1.807) is 18.3 Å². The van der Waals surface area contributed by atoms with Crippen molar-refractivity contribution in [3.8, 4) is 0 Å². The van der Waals surface area contributed by atoms with Crippen LogP contribution in [0.1, 0.15) is 28.8 Å². The molecule has 2 aromatic rings. The van der Waals surface area contributed by atoms with Crippen LogP contribution in [0, 0.1) is 18.7 Å². The molecule has 0 spiro atoms. The van der Waals surface area contributed by atoms with Crippen molar-refractivity contribution in [2.75, 3.05) is 31.5 Å². The lowest BCUT2D eigenvalue weighted by Crippen LogP contribution is -2.39. The summed E-state index contributed by atoms with van der Waals surface area (Å²) in [4.78, 5) is 18.8. The first-order chi connectivity index (χ1) is 12.1. The largest absolute Gasteiger partial charge is 0.370 e. The number of pyridine rings is 1. The summed E-state index contributed by atoms with van der Waals surface area (Å²) in [6, 6.07) is 9.79. The fraction of sp³-hybridized carbons (Fsp3) is 0.400. The van der Waals surface area contributed by atoms with Crippen LogP contribution in [-0.2, 0) is 0 Å². The van der Waals surface area contributed by atoms with Crippen molar-refractivity contribution in [2.24, 2.45) is 5.92 Å². The number of halogens is 1. The third kappa shape index (κ3) is 4.86. The number of ketones is 1. The van der Waals surface area contributed by atoms with Gasteiger partial charge in [-0.2, -0.15) is 0 Å². The highest BCUT2D eigenvalue weighted by Crippen LogP contribution is 2.19. The van der Waals surface area contributed by atoms with E-state index >= 15 is 0 Å². The number of anilines is 1. The third-order valence-electron chi connectivity index (χ3n) is 4.81. The van der Waals surface area contributed by atoms with Gasteiger partial charge in [-0.15, -0.1) is 0 Å². The first kappa shape index (κ1) is 17.5. The first-order valence-corrected chi connectivity index (χ1v) is 8.78. The summed E-state index contributed by atoms with van der Waals surface area (Å²) in [6.45, 7) is 5.21. The maximum Gasteiger partial charge on any atom is 0.176 e. The minimum atomic E-state index is -0.312. The van der Waals surface area contributed by atoms with Gasteiger partial charge in [0.1, 0.15) is 11.6 Å². The smallest absolute Gasteiger partial charge is 0.176 e. The molecule has 5 heteroatoms. The number of carbonyl (C=O) groups is 1. The fourth-order valence-electron chi connectivity index (χ4n) is 3.19. The quantitative estimate of drug-likeness (QED) is 0.817. The van der Waals surface area contributed by atoms with Crippen LogP contribution in [0.2, 0.25) is 0 Å². The zero-order valence-electron chi connectivity index (χ0n) is 14.5. The van der Waals surface area contributed by atoms with Crippen molar-refractivity contribution in [1.29, 1.82) is 0 Å². The van der Waals surface area contributed by atoms with Gasteiger partial charge >= 0.3 is 0 Å². The Hall–Kier alpha value is -2.27. The summed E-state index contributed by atoms with van der Waals surface area (Å²) in [7, 11) is 0. The number of carbonyl (C=O) groups excluding carboxylic acids is 1. The molecule has 0 saturated carbocycles.